The van der Waals surface area contributed by atoms with Gasteiger partial charge in [-0.3, -0.25) is 4.98 Å². The van der Waals surface area contributed by atoms with E-state index in [1.165, 1.54) is 19.2 Å². The van der Waals surface area contributed by atoms with Gasteiger partial charge in [-0.05, 0) is 24.3 Å². The van der Waals surface area contributed by atoms with Crippen molar-refractivity contribution in [2.45, 2.75) is 0 Å². The minimum absolute atomic E-state index is 0.251. The van der Waals surface area contributed by atoms with E-state index in [9.17, 15) is 4.79 Å². The lowest BCUT2D eigenvalue weighted by Gasteiger charge is -2.15. The van der Waals surface area contributed by atoms with Gasteiger partial charge < -0.3 is 14.8 Å². The molecule has 0 unspecified atom stereocenters. The van der Waals surface area contributed by atoms with Crippen LogP contribution in [0.5, 0.6) is 5.88 Å². The van der Waals surface area contributed by atoms with Gasteiger partial charge in [0.25, 0.3) is 0 Å². The molecule has 0 radical (unpaired) electrons. The van der Waals surface area contributed by atoms with Gasteiger partial charge in [0.05, 0.1) is 46.4 Å². The monoisotopic (exact) mass is 428 g/mol. The maximum absolute atomic E-state index is 11.8. The lowest BCUT2D eigenvalue weighted by Crippen LogP contribution is -2.03. The molecule has 4 aromatic rings. The van der Waals surface area contributed by atoms with Crippen LogP contribution in [0.15, 0.2) is 42.9 Å². The summed E-state index contributed by atoms with van der Waals surface area (Å²) in [6, 6.07) is 6.56. The summed E-state index contributed by atoms with van der Waals surface area (Å²) in [5, 5.41) is 6.00. The predicted molar refractivity (Wildman–Crippen MR) is 112 cm³/mol. The van der Waals surface area contributed by atoms with Crippen LogP contribution in [0.1, 0.15) is 10.4 Å². The third kappa shape index (κ3) is 3.39. The average molecular weight is 429 g/mol. The summed E-state index contributed by atoms with van der Waals surface area (Å²) >= 11 is 12.8. The highest BCUT2D eigenvalue weighted by molar-refractivity contribution is 6.40. The number of aromatic nitrogens is 3. The van der Waals surface area contributed by atoms with E-state index in [2.05, 4.69) is 20.3 Å². The second-order valence-corrected chi connectivity index (χ2v) is 6.84. The third-order valence-corrected chi connectivity index (χ3v) is 4.97. The van der Waals surface area contributed by atoms with Crippen LogP contribution >= 0.6 is 23.2 Å². The number of rotatable bonds is 4. The Hall–Kier alpha value is -3.16. The molecule has 1 aromatic carbocycles. The summed E-state index contributed by atoms with van der Waals surface area (Å²) in [5.41, 5.74) is 1.36. The Morgan fingerprint density at radius 1 is 1.07 bits per heavy atom. The molecule has 3 aromatic heterocycles. The molecular formula is C20H14Cl2N4O3. The number of pyridine rings is 3. The van der Waals surface area contributed by atoms with Crippen LogP contribution in [-0.4, -0.2) is 35.1 Å². The van der Waals surface area contributed by atoms with Crippen molar-refractivity contribution in [3.8, 4) is 5.88 Å². The fraction of sp³-hybridized carbons (Fsp3) is 0.100. The summed E-state index contributed by atoms with van der Waals surface area (Å²) in [5.74, 6) is 0.427. The molecule has 0 saturated heterocycles. The lowest BCUT2D eigenvalue weighted by atomic mass is 10.1. The van der Waals surface area contributed by atoms with Crippen LogP contribution in [0.2, 0.25) is 10.0 Å². The molecule has 0 aliphatic rings. The fourth-order valence-corrected chi connectivity index (χ4v) is 3.64. The van der Waals surface area contributed by atoms with Gasteiger partial charge >= 0.3 is 5.97 Å². The number of halogens is 2. The van der Waals surface area contributed by atoms with Gasteiger partial charge in [0.2, 0.25) is 5.88 Å². The molecule has 0 amide bonds. The molecule has 4 rings (SSSR count). The maximum Gasteiger partial charge on any atom is 0.337 e. The van der Waals surface area contributed by atoms with E-state index in [0.717, 1.165) is 16.2 Å². The molecule has 29 heavy (non-hydrogen) atoms. The number of carbonyl (C=O) groups excluding carboxylic acids is 1. The van der Waals surface area contributed by atoms with Crippen molar-refractivity contribution in [3.05, 3.63) is 58.5 Å². The summed E-state index contributed by atoms with van der Waals surface area (Å²) in [6.07, 6.45) is 4.99. The van der Waals surface area contributed by atoms with Gasteiger partial charge in [-0.2, -0.15) is 0 Å². The molecule has 3 heterocycles. The van der Waals surface area contributed by atoms with E-state index < -0.39 is 5.97 Å². The van der Waals surface area contributed by atoms with E-state index in [1.807, 2.05) is 6.07 Å². The molecule has 0 fully saturated rings. The zero-order chi connectivity index (χ0) is 20.5. The number of esters is 1. The number of anilines is 2. The Morgan fingerprint density at radius 3 is 2.52 bits per heavy atom. The van der Waals surface area contributed by atoms with Crippen LogP contribution in [0.3, 0.4) is 0 Å². The first-order chi connectivity index (χ1) is 14.0. The van der Waals surface area contributed by atoms with Gasteiger partial charge in [0.1, 0.15) is 5.82 Å². The average Bonchev–Trinajstić information content (AvgIpc) is 2.74. The number of benzene rings is 1. The molecule has 0 bridgehead atoms. The molecule has 0 spiro atoms. The molecule has 7 nitrogen and oxygen atoms in total. The van der Waals surface area contributed by atoms with Crippen LogP contribution in [0.4, 0.5) is 11.5 Å². The zero-order valence-corrected chi connectivity index (χ0v) is 16.9. The van der Waals surface area contributed by atoms with Crippen molar-refractivity contribution in [2.75, 3.05) is 19.5 Å². The van der Waals surface area contributed by atoms with Crippen LogP contribution in [-0.2, 0) is 4.74 Å². The predicted octanol–water partition coefficient (Wildman–Crippen LogP) is 5.02. The van der Waals surface area contributed by atoms with E-state index in [4.69, 9.17) is 32.7 Å². The summed E-state index contributed by atoms with van der Waals surface area (Å²) in [7, 11) is 2.84. The van der Waals surface area contributed by atoms with E-state index in [1.54, 1.807) is 31.8 Å². The van der Waals surface area contributed by atoms with Gasteiger partial charge in [-0.1, -0.05) is 23.2 Å². The Bertz CT molecular complexity index is 1240. The second-order valence-electron chi connectivity index (χ2n) is 6.03. The Morgan fingerprint density at radius 2 is 1.83 bits per heavy atom. The number of methoxy groups -OCH3 is 2. The number of carbonyl (C=O) groups is 1. The topological polar surface area (TPSA) is 86.2 Å². The third-order valence-electron chi connectivity index (χ3n) is 4.37. The first kappa shape index (κ1) is 19.2. The highest BCUT2D eigenvalue weighted by Gasteiger charge is 2.17. The van der Waals surface area contributed by atoms with Crippen molar-refractivity contribution in [3.63, 3.8) is 0 Å². The van der Waals surface area contributed by atoms with Gasteiger partial charge in [-0.15, -0.1) is 0 Å². The molecule has 146 valence electrons. The molecule has 0 saturated carbocycles. The van der Waals surface area contributed by atoms with Crippen molar-refractivity contribution in [1.82, 2.24) is 15.0 Å². The largest absolute Gasteiger partial charge is 0.481 e. The van der Waals surface area contributed by atoms with E-state index in [-0.39, 0.29) is 15.6 Å². The summed E-state index contributed by atoms with van der Waals surface area (Å²) in [6.45, 7) is 0. The first-order valence-electron chi connectivity index (χ1n) is 8.44. The molecule has 0 aliphatic carbocycles. The molecule has 0 atom stereocenters. The first-order valence-corrected chi connectivity index (χ1v) is 9.20. The molecule has 9 heteroatoms. The van der Waals surface area contributed by atoms with E-state index >= 15 is 0 Å². The summed E-state index contributed by atoms with van der Waals surface area (Å²) in [4.78, 5) is 24.9. The lowest BCUT2D eigenvalue weighted by molar-refractivity contribution is 0.0601. The van der Waals surface area contributed by atoms with E-state index in [0.29, 0.717) is 22.9 Å². The van der Waals surface area contributed by atoms with Crippen LogP contribution < -0.4 is 10.1 Å². The molecule has 1 N–H and O–H groups in total. The van der Waals surface area contributed by atoms with Crippen LogP contribution in [0.25, 0.3) is 21.7 Å². The Kier molecular flexibility index (Phi) is 5.08. The number of hydrogen-bond acceptors (Lipinski definition) is 7. The van der Waals surface area contributed by atoms with Crippen molar-refractivity contribution in [1.29, 1.82) is 0 Å². The number of nitrogens with one attached hydrogen (secondary N) is 1. The van der Waals surface area contributed by atoms with Crippen molar-refractivity contribution in [2.24, 2.45) is 0 Å². The number of nitrogens with zero attached hydrogens (tertiary/aromatic N) is 3. The van der Waals surface area contributed by atoms with Gasteiger partial charge in [-0.25, -0.2) is 14.8 Å². The highest BCUT2D eigenvalue weighted by Crippen LogP contribution is 2.39. The number of hydrogen-bond donors (Lipinski definition) is 1. The minimum atomic E-state index is -0.530. The second kappa shape index (κ2) is 7.69. The van der Waals surface area contributed by atoms with Gasteiger partial charge in [0.15, 0.2) is 0 Å². The number of fused-ring (bicyclic) bond motifs is 3. The standard InChI is InChI=1S/C20H14Cl2N4O3/c1-28-19-16-11(3-6-24-19)18(25-15-4-5-23-9-12(15)16)26-17-13(21)7-10(8-14(17)22)20(27)29-2/h3-9H,1-2H3,(H,25,26). The normalized spacial score (nSPS) is 10.9. The maximum atomic E-state index is 11.8. The highest BCUT2D eigenvalue weighted by atomic mass is 35.5. The Labute approximate surface area is 175 Å². The zero-order valence-electron chi connectivity index (χ0n) is 15.4. The van der Waals surface area contributed by atoms with Crippen LogP contribution in [0, 0.1) is 0 Å². The number of ether oxygens (including phenoxy) is 2. The van der Waals surface area contributed by atoms with Gasteiger partial charge in [0, 0.05) is 29.4 Å². The SMILES string of the molecule is COC(=O)c1cc(Cl)c(Nc2nc3ccncc3c3c(OC)nccc23)c(Cl)c1. The minimum Gasteiger partial charge on any atom is -0.481 e. The fourth-order valence-electron chi connectivity index (χ4n) is 3.05. The Balaban J connectivity index is 1.92. The smallest absolute Gasteiger partial charge is 0.337 e. The molecule has 0 aliphatic heterocycles. The van der Waals surface area contributed by atoms with Crippen molar-refractivity contribution < 1.29 is 14.3 Å². The summed E-state index contributed by atoms with van der Waals surface area (Å²) < 4.78 is 10.2. The van der Waals surface area contributed by atoms with Crippen molar-refractivity contribution >= 4 is 62.4 Å². The molecular weight excluding hydrogens is 415 g/mol. The quantitative estimate of drug-likeness (QED) is 0.360.